The third-order valence-corrected chi connectivity index (χ3v) is 4.61. The Hall–Kier alpha value is -2.22. The molecular formula is C17H24N4O4. The van der Waals surface area contributed by atoms with Crippen LogP contribution in [0.5, 0.6) is 0 Å². The minimum Gasteiger partial charge on any atom is -0.381 e. The van der Waals surface area contributed by atoms with Gasteiger partial charge in [-0.15, -0.1) is 0 Å². The van der Waals surface area contributed by atoms with Crippen molar-refractivity contribution in [3.63, 3.8) is 0 Å². The molecule has 1 aromatic rings. The number of aromatic nitrogens is 1. The normalized spacial score (nSPS) is 19.3. The van der Waals surface area contributed by atoms with Crippen LogP contribution in [0.1, 0.15) is 56.7 Å². The molecule has 2 aliphatic heterocycles. The van der Waals surface area contributed by atoms with Crippen LogP contribution in [0, 0.1) is 6.92 Å². The fourth-order valence-corrected chi connectivity index (χ4v) is 3.13. The van der Waals surface area contributed by atoms with Crippen molar-refractivity contribution in [2.75, 3.05) is 18.5 Å². The van der Waals surface area contributed by atoms with Gasteiger partial charge in [0.1, 0.15) is 5.71 Å². The summed E-state index contributed by atoms with van der Waals surface area (Å²) in [5.74, 6) is 0.228. The SMILES string of the molecule is Cc1c(C2CCOCC2)noc1NC(=O)C1=NN(C(C)C)C(=O)CC1. The maximum absolute atomic E-state index is 12.5. The average molecular weight is 348 g/mol. The van der Waals surface area contributed by atoms with Gasteiger partial charge in [-0.3, -0.25) is 14.9 Å². The van der Waals surface area contributed by atoms with Crippen molar-refractivity contribution in [3.05, 3.63) is 11.3 Å². The first-order valence-corrected chi connectivity index (χ1v) is 8.72. The van der Waals surface area contributed by atoms with Gasteiger partial charge in [0, 0.05) is 43.6 Å². The molecule has 3 rings (SSSR count). The maximum Gasteiger partial charge on any atom is 0.274 e. The highest BCUT2D eigenvalue weighted by molar-refractivity contribution is 6.43. The molecule has 0 atom stereocenters. The Morgan fingerprint density at radius 3 is 2.68 bits per heavy atom. The fraction of sp³-hybridized carbons (Fsp3) is 0.647. The molecule has 25 heavy (non-hydrogen) atoms. The minimum atomic E-state index is -0.351. The number of nitrogens with one attached hydrogen (secondary N) is 1. The van der Waals surface area contributed by atoms with Crippen molar-refractivity contribution in [3.8, 4) is 0 Å². The van der Waals surface area contributed by atoms with Crippen molar-refractivity contribution in [2.45, 2.75) is 58.4 Å². The van der Waals surface area contributed by atoms with Gasteiger partial charge in [-0.25, -0.2) is 5.01 Å². The quantitative estimate of drug-likeness (QED) is 0.900. The van der Waals surface area contributed by atoms with Crippen molar-refractivity contribution in [2.24, 2.45) is 5.10 Å². The number of ether oxygens (including phenoxy) is 1. The predicted octanol–water partition coefficient (Wildman–Crippen LogP) is 2.20. The Kier molecular flexibility index (Phi) is 5.17. The second-order valence-electron chi connectivity index (χ2n) is 6.74. The highest BCUT2D eigenvalue weighted by Crippen LogP contribution is 2.31. The van der Waals surface area contributed by atoms with E-state index in [1.807, 2.05) is 20.8 Å². The lowest BCUT2D eigenvalue weighted by Gasteiger charge is -2.26. The van der Waals surface area contributed by atoms with E-state index in [4.69, 9.17) is 9.26 Å². The second-order valence-corrected chi connectivity index (χ2v) is 6.74. The molecule has 2 aliphatic rings. The summed E-state index contributed by atoms with van der Waals surface area (Å²) in [4.78, 5) is 24.3. The molecule has 0 radical (unpaired) electrons. The minimum absolute atomic E-state index is 0.0656. The van der Waals surface area contributed by atoms with E-state index in [1.165, 1.54) is 5.01 Å². The standard InChI is InChI=1S/C17H24N4O4/c1-10(2)21-14(22)5-4-13(19-21)16(23)18-17-11(3)15(20-25-17)12-6-8-24-9-7-12/h10,12H,4-9H2,1-3H3,(H,18,23). The topological polar surface area (TPSA) is 97.0 Å². The first-order valence-electron chi connectivity index (χ1n) is 8.72. The summed E-state index contributed by atoms with van der Waals surface area (Å²) in [6, 6.07) is -0.0808. The number of nitrogens with zero attached hydrogens (tertiary/aromatic N) is 3. The molecular weight excluding hydrogens is 324 g/mol. The number of hydrazone groups is 1. The number of rotatable bonds is 4. The third-order valence-electron chi connectivity index (χ3n) is 4.61. The lowest BCUT2D eigenvalue weighted by atomic mass is 9.94. The maximum atomic E-state index is 12.5. The Labute approximate surface area is 146 Å². The lowest BCUT2D eigenvalue weighted by Crippen LogP contribution is -2.39. The highest BCUT2D eigenvalue weighted by Gasteiger charge is 2.28. The van der Waals surface area contributed by atoms with Gasteiger partial charge in [0.25, 0.3) is 5.91 Å². The number of carbonyl (C=O) groups excluding carboxylic acids is 2. The Morgan fingerprint density at radius 1 is 1.28 bits per heavy atom. The Bertz CT molecular complexity index is 689. The highest BCUT2D eigenvalue weighted by atomic mass is 16.5. The summed E-state index contributed by atoms with van der Waals surface area (Å²) in [6.07, 6.45) is 2.42. The largest absolute Gasteiger partial charge is 0.381 e. The van der Waals surface area contributed by atoms with Gasteiger partial charge in [0.15, 0.2) is 0 Å². The predicted molar refractivity (Wildman–Crippen MR) is 91.3 cm³/mol. The number of hydrogen-bond acceptors (Lipinski definition) is 6. The van der Waals surface area contributed by atoms with E-state index in [9.17, 15) is 9.59 Å². The summed E-state index contributed by atoms with van der Waals surface area (Å²) < 4.78 is 10.7. The molecule has 0 aliphatic carbocycles. The van der Waals surface area contributed by atoms with Crippen LogP contribution < -0.4 is 5.32 Å². The average Bonchev–Trinajstić information content (AvgIpc) is 2.96. The zero-order chi connectivity index (χ0) is 18.0. The van der Waals surface area contributed by atoms with Gasteiger partial charge in [-0.05, 0) is 33.6 Å². The van der Waals surface area contributed by atoms with Gasteiger partial charge < -0.3 is 9.26 Å². The van der Waals surface area contributed by atoms with E-state index in [1.54, 1.807) is 0 Å². The van der Waals surface area contributed by atoms with Crippen molar-refractivity contribution in [1.82, 2.24) is 10.2 Å². The number of carbonyl (C=O) groups is 2. The van der Waals surface area contributed by atoms with E-state index >= 15 is 0 Å². The molecule has 0 aromatic carbocycles. The smallest absolute Gasteiger partial charge is 0.274 e. The molecule has 1 saturated heterocycles. The fourth-order valence-electron chi connectivity index (χ4n) is 3.13. The van der Waals surface area contributed by atoms with Crippen LogP contribution in [-0.2, 0) is 14.3 Å². The first-order chi connectivity index (χ1) is 12.0. The number of amides is 2. The molecule has 8 heteroatoms. The van der Waals surface area contributed by atoms with Crippen LogP contribution in [0.2, 0.25) is 0 Å². The van der Waals surface area contributed by atoms with Gasteiger partial charge in [0.05, 0.1) is 5.69 Å². The van der Waals surface area contributed by atoms with Gasteiger partial charge >= 0.3 is 0 Å². The van der Waals surface area contributed by atoms with Crippen LogP contribution in [0.15, 0.2) is 9.62 Å². The molecule has 0 bridgehead atoms. The van der Waals surface area contributed by atoms with Crippen molar-refractivity contribution in [1.29, 1.82) is 0 Å². The zero-order valence-electron chi connectivity index (χ0n) is 14.9. The van der Waals surface area contributed by atoms with E-state index < -0.39 is 0 Å². The molecule has 136 valence electrons. The Morgan fingerprint density at radius 2 is 2.00 bits per heavy atom. The monoisotopic (exact) mass is 348 g/mol. The number of anilines is 1. The summed E-state index contributed by atoms with van der Waals surface area (Å²) in [5, 5.41) is 12.4. The summed E-state index contributed by atoms with van der Waals surface area (Å²) in [6.45, 7) is 7.05. The number of hydrogen-bond donors (Lipinski definition) is 1. The molecule has 1 N–H and O–H groups in total. The van der Waals surface area contributed by atoms with Crippen LogP contribution in [0.4, 0.5) is 5.88 Å². The van der Waals surface area contributed by atoms with Gasteiger partial charge in [-0.2, -0.15) is 5.10 Å². The molecule has 0 unspecified atom stereocenters. The summed E-state index contributed by atoms with van der Waals surface area (Å²) in [7, 11) is 0. The first kappa shape index (κ1) is 17.6. The molecule has 0 saturated carbocycles. The van der Waals surface area contributed by atoms with E-state index in [0.29, 0.717) is 37.1 Å². The van der Waals surface area contributed by atoms with Crippen LogP contribution in [0.25, 0.3) is 0 Å². The van der Waals surface area contributed by atoms with Gasteiger partial charge in [-0.1, -0.05) is 5.16 Å². The molecule has 2 amide bonds. The van der Waals surface area contributed by atoms with E-state index in [-0.39, 0.29) is 24.3 Å². The Balaban J connectivity index is 1.72. The molecule has 1 fully saturated rings. The second kappa shape index (κ2) is 7.35. The van der Waals surface area contributed by atoms with Crippen LogP contribution >= 0.6 is 0 Å². The lowest BCUT2D eigenvalue weighted by molar-refractivity contribution is -0.133. The molecule has 3 heterocycles. The third kappa shape index (κ3) is 3.73. The summed E-state index contributed by atoms with van der Waals surface area (Å²) >= 11 is 0. The van der Waals surface area contributed by atoms with Crippen molar-refractivity contribution >= 4 is 23.4 Å². The summed E-state index contributed by atoms with van der Waals surface area (Å²) in [5.41, 5.74) is 2.05. The van der Waals surface area contributed by atoms with E-state index in [2.05, 4.69) is 15.6 Å². The van der Waals surface area contributed by atoms with E-state index in [0.717, 1.165) is 24.1 Å². The van der Waals surface area contributed by atoms with Gasteiger partial charge in [0.2, 0.25) is 11.8 Å². The molecule has 0 spiro atoms. The van der Waals surface area contributed by atoms with Crippen LogP contribution in [0.3, 0.4) is 0 Å². The van der Waals surface area contributed by atoms with Crippen molar-refractivity contribution < 1.29 is 18.8 Å². The molecule has 8 nitrogen and oxygen atoms in total. The molecule has 1 aromatic heterocycles. The van der Waals surface area contributed by atoms with Crippen LogP contribution in [-0.4, -0.2) is 46.9 Å². The zero-order valence-corrected chi connectivity index (χ0v) is 14.9.